The van der Waals surface area contributed by atoms with E-state index in [9.17, 15) is 0 Å². The lowest BCUT2D eigenvalue weighted by molar-refractivity contribution is 1.15. The van der Waals surface area contributed by atoms with Crippen LogP contribution in [-0.4, -0.2) is 9.59 Å². The molecule has 2 nitrogen and oxygen atoms in total. The van der Waals surface area contributed by atoms with E-state index < -0.39 is 0 Å². The molecule has 0 fully saturated rings. The van der Waals surface area contributed by atoms with Crippen LogP contribution in [0.15, 0.2) is 24.3 Å². The average molecular weight is 368 g/mol. The fraction of sp³-hybridized carbons (Fsp3) is 0.111. The van der Waals surface area contributed by atoms with Crippen molar-refractivity contribution in [3.05, 3.63) is 34.2 Å². The van der Waals surface area contributed by atoms with Gasteiger partial charge in [0.05, 0.1) is 4.88 Å². The third kappa shape index (κ3) is 2.58. The van der Waals surface area contributed by atoms with E-state index in [1.54, 1.807) is 0 Å². The van der Waals surface area contributed by atoms with Crippen molar-refractivity contribution in [2.75, 3.05) is 0 Å². The molecule has 0 atom stereocenters. The second-order valence-electron chi connectivity index (χ2n) is 2.79. The highest BCUT2D eigenvalue weighted by atomic mass is 79.9. The fourth-order valence-corrected chi connectivity index (χ4v) is 2.75. The van der Waals surface area contributed by atoms with E-state index in [2.05, 4.69) is 41.4 Å². The van der Waals surface area contributed by atoms with Gasteiger partial charge in [-0.25, -0.2) is 0 Å². The first-order valence-corrected chi connectivity index (χ1v) is 7.03. The quantitative estimate of drug-likeness (QED) is 0.721. The van der Waals surface area contributed by atoms with Crippen LogP contribution < -0.4 is 0 Å². The minimum atomic E-state index is 0.0793. The maximum absolute atomic E-state index is 5.82. The Kier molecular flexibility index (Phi) is 3.77. The average Bonchev–Trinajstić information content (AvgIpc) is 2.67. The van der Waals surface area contributed by atoms with Crippen LogP contribution >= 0.6 is 55.0 Å². The zero-order valence-corrected chi connectivity index (χ0v) is 12.1. The predicted molar refractivity (Wildman–Crippen MR) is 71.0 cm³/mol. The van der Waals surface area contributed by atoms with E-state index in [-0.39, 0.29) is 3.74 Å². The largest absolute Gasteiger partial charge is 0.138 e. The summed E-state index contributed by atoms with van der Waals surface area (Å²) in [5.41, 5.74) is 1.91. The number of hydrogen-bond donors (Lipinski definition) is 0. The Hall–Kier alpha value is 0.0300. The summed E-state index contributed by atoms with van der Waals surface area (Å²) in [5, 5.41) is 4.82. The van der Waals surface area contributed by atoms with Crippen LogP contribution in [0.25, 0.3) is 11.3 Å². The molecule has 0 saturated carbocycles. The van der Waals surface area contributed by atoms with Crippen LogP contribution in [0.5, 0.6) is 0 Å². The summed E-state index contributed by atoms with van der Waals surface area (Å²) in [6.45, 7) is 0. The molecule has 2 rings (SSSR count). The molecule has 0 aliphatic rings. The smallest absolute Gasteiger partial charge is 0.111 e. The summed E-state index contributed by atoms with van der Waals surface area (Å²) >= 11 is 14.1. The second-order valence-corrected chi connectivity index (χ2v) is 7.08. The van der Waals surface area contributed by atoms with Gasteiger partial charge in [-0.15, -0.1) is 5.10 Å². The number of benzene rings is 1. The summed E-state index contributed by atoms with van der Waals surface area (Å²) in [5.74, 6) is 0. The highest BCUT2D eigenvalue weighted by Crippen LogP contribution is 2.37. The van der Waals surface area contributed by atoms with Crippen LogP contribution in [0.4, 0.5) is 0 Å². The summed E-state index contributed by atoms with van der Waals surface area (Å²) in [4.78, 5) is 1.05. The van der Waals surface area contributed by atoms with Crippen molar-refractivity contribution in [1.82, 2.24) is 9.59 Å². The molecule has 1 heterocycles. The zero-order valence-electron chi connectivity index (χ0n) is 7.32. The highest BCUT2D eigenvalue weighted by molar-refractivity contribution is 9.24. The highest BCUT2D eigenvalue weighted by Gasteiger charge is 2.15. The van der Waals surface area contributed by atoms with Gasteiger partial charge >= 0.3 is 0 Å². The van der Waals surface area contributed by atoms with Gasteiger partial charge in [-0.1, -0.05) is 60.1 Å². The molecule has 0 amide bonds. The first kappa shape index (κ1) is 11.5. The normalized spacial score (nSPS) is 10.9. The number of alkyl halides is 2. The number of nitrogens with zero attached hydrogens (tertiary/aromatic N) is 2. The van der Waals surface area contributed by atoms with Gasteiger partial charge in [0.25, 0.3) is 0 Å². The third-order valence-corrected chi connectivity index (χ3v) is 4.39. The zero-order chi connectivity index (χ0) is 10.8. The van der Waals surface area contributed by atoms with E-state index in [4.69, 9.17) is 11.6 Å². The summed E-state index contributed by atoms with van der Waals surface area (Å²) in [7, 11) is 0. The van der Waals surface area contributed by atoms with Crippen molar-refractivity contribution in [3.8, 4) is 11.3 Å². The number of halogens is 3. The molecule has 0 bridgehead atoms. The Balaban J connectivity index is 2.45. The van der Waals surface area contributed by atoms with E-state index in [1.165, 1.54) is 11.5 Å². The van der Waals surface area contributed by atoms with E-state index in [0.29, 0.717) is 0 Å². The molecule has 15 heavy (non-hydrogen) atoms. The van der Waals surface area contributed by atoms with E-state index >= 15 is 0 Å². The van der Waals surface area contributed by atoms with Gasteiger partial charge in [-0.2, -0.15) is 0 Å². The van der Waals surface area contributed by atoms with Crippen molar-refractivity contribution in [2.24, 2.45) is 0 Å². The van der Waals surface area contributed by atoms with Crippen LogP contribution in [0, 0.1) is 0 Å². The molecule has 2 aromatic rings. The molecule has 0 saturated heterocycles. The monoisotopic (exact) mass is 366 g/mol. The number of rotatable bonds is 2. The Morgan fingerprint density at radius 1 is 1.20 bits per heavy atom. The second kappa shape index (κ2) is 4.91. The lowest BCUT2D eigenvalue weighted by Gasteiger charge is -2.01. The van der Waals surface area contributed by atoms with E-state index in [0.717, 1.165) is 21.2 Å². The van der Waals surface area contributed by atoms with Gasteiger partial charge in [0.2, 0.25) is 0 Å². The standard InChI is InChI=1S/C9H5Br2ClN2S/c10-9(11)8-7(13-14-15-8)5-1-3-6(12)4-2-5/h1-4,9H. The first-order chi connectivity index (χ1) is 7.18. The van der Waals surface area contributed by atoms with Gasteiger partial charge in [0.15, 0.2) is 0 Å². The van der Waals surface area contributed by atoms with Gasteiger partial charge in [-0.05, 0) is 23.7 Å². The van der Waals surface area contributed by atoms with Gasteiger partial charge in [0, 0.05) is 10.6 Å². The molecular weight excluding hydrogens is 363 g/mol. The van der Waals surface area contributed by atoms with Gasteiger partial charge in [-0.3, -0.25) is 0 Å². The van der Waals surface area contributed by atoms with Crippen molar-refractivity contribution in [1.29, 1.82) is 0 Å². The minimum Gasteiger partial charge on any atom is -0.138 e. The number of aromatic nitrogens is 2. The lowest BCUT2D eigenvalue weighted by atomic mass is 10.1. The number of hydrogen-bond acceptors (Lipinski definition) is 3. The van der Waals surface area contributed by atoms with Crippen LogP contribution in [-0.2, 0) is 0 Å². The van der Waals surface area contributed by atoms with Crippen molar-refractivity contribution < 1.29 is 0 Å². The fourth-order valence-electron chi connectivity index (χ4n) is 1.15. The predicted octanol–water partition coefficient (Wildman–Crippen LogP) is 4.65. The van der Waals surface area contributed by atoms with E-state index in [1.807, 2.05) is 24.3 Å². The topological polar surface area (TPSA) is 25.8 Å². The Labute approximate surface area is 113 Å². The summed E-state index contributed by atoms with van der Waals surface area (Å²) in [6.07, 6.45) is 0. The third-order valence-electron chi connectivity index (χ3n) is 1.83. The molecule has 0 N–H and O–H groups in total. The maximum Gasteiger partial charge on any atom is 0.111 e. The van der Waals surface area contributed by atoms with Crippen LogP contribution in [0.1, 0.15) is 8.61 Å². The molecule has 0 aliphatic carbocycles. The molecule has 1 aromatic heterocycles. The molecule has 78 valence electrons. The summed E-state index contributed by atoms with van der Waals surface area (Å²) < 4.78 is 4.02. The Bertz CT molecular complexity index is 455. The Morgan fingerprint density at radius 2 is 1.87 bits per heavy atom. The molecule has 0 spiro atoms. The van der Waals surface area contributed by atoms with Crippen LogP contribution in [0.2, 0.25) is 5.02 Å². The molecule has 0 aliphatic heterocycles. The SMILES string of the molecule is Clc1ccc(-c2nnsc2C(Br)Br)cc1. The van der Waals surface area contributed by atoms with Crippen molar-refractivity contribution in [3.63, 3.8) is 0 Å². The Morgan fingerprint density at radius 3 is 2.47 bits per heavy atom. The first-order valence-electron chi connectivity index (χ1n) is 4.05. The lowest BCUT2D eigenvalue weighted by Crippen LogP contribution is -1.83. The van der Waals surface area contributed by atoms with Crippen molar-refractivity contribution >= 4 is 55.0 Å². The molecular formula is C9H5Br2ClN2S. The molecule has 1 aromatic carbocycles. The maximum atomic E-state index is 5.82. The summed E-state index contributed by atoms with van der Waals surface area (Å²) in [6, 6.07) is 7.56. The van der Waals surface area contributed by atoms with Gasteiger partial charge in [0.1, 0.15) is 9.43 Å². The molecule has 0 unspecified atom stereocenters. The van der Waals surface area contributed by atoms with Crippen molar-refractivity contribution in [2.45, 2.75) is 3.74 Å². The molecule has 6 heteroatoms. The van der Waals surface area contributed by atoms with Crippen LogP contribution in [0.3, 0.4) is 0 Å². The molecule has 0 radical (unpaired) electrons. The minimum absolute atomic E-state index is 0.0793. The van der Waals surface area contributed by atoms with Gasteiger partial charge < -0.3 is 0 Å².